The molecule has 4 nitrogen and oxygen atoms in total. The molecule has 106 valence electrons. The predicted molar refractivity (Wildman–Crippen MR) is 77.1 cm³/mol. The van der Waals surface area contributed by atoms with Gasteiger partial charge in [-0.15, -0.1) is 0 Å². The number of aromatic carboxylic acids is 1. The summed E-state index contributed by atoms with van der Waals surface area (Å²) >= 11 is 0. The van der Waals surface area contributed by atoms with E-state index in [4.69, 9.17) is 4.42 Å². The number of carbonyl (C=O) groups is 1. The van der Waals surface area contributed by atoms with Crippen molar-refractivity contribution in [2.24, 2.45) is 0 Å². The third-order valence-corrected chi connectivity index (χ3v) is 3.14. The van der Waals surface area contributed by atoms with E-state index in [9.17, 15) is 9.90 Å². The molecule has 0 bridgehead atoms. The molecule has 0 unspecified atom stereocenters. The Labute approximate surface area is 118 Å². The van der Waals surface area contributed by atoms with Crippen LogP contribution in [0.1, 0.15) is 48.1 Å². The van der Waals surface area contributed by atoms with Crippen molar-refractivity contribution in [3.8, 4) is 11.5 Å². The van der Waals surface area contributed by atoms with Crippen LogP contribution < -0.4 is 0 Å². The van der Waals surface area contributed by atoms with Gasteiger partial charge in [-0.3, -0.25) is 0 Å². The molecule has 0 spiro atoms. The van der Waals surface area contributed by atoms with Crippen molar-refractivity contribution in [2.45, 2.75) is 40.0 Å². The Kier molecular flexibility index (Phi) is 3.42. The van der Waals surface area contributed by atoms with Crippen LogP contribution in [0.3, 0.4) is 0 Å². The predicted octanol–water partition coefficient (Wildman–Crippen LogP) is 3.95. The highest BCUT2D eigenvalue weighted by Gasteiger charge is 2.29. The van der Waals surface area contributed by atoms with E-state index >= 15 is 0 Å². The van der Waals surface area contributed by atoms with Gasteiger partial charge in [-0.25, -0.2) is 9.78 Å². The number of hydrogen-bond acceptors (Lipinski definition) is 3. The van der Waals surface area contributed by atoms with Gasteiger partial charge in [0.15, 0.2) is 0 Å². The van der Waals surface area contributed by atoms with Gasteiger partial charge < -0.3 is 9.52 Å². The highest BCUT2D eigenvalue weighted by atomic mass is 16.4. The van der Waals surface area contributed by atoms with Gasteiger partial charge in [0.05, 0.1) is 0 Å². The maximum Gasteiger partial charge on any atom is 0.373 e. The fourth-order valence-electron chi connectivity index (χ4n) is 2.14. The van der Waals surface area contributed by atoms with Gasteiger partial charge in [0, 0.05) is 11.0 Å². The largest absolute Gasteiger partial charge is 0.475 e. The van der Waals surface area contributed by atoms with Gasteiger partial charge in [-0.1, -0.05) is 38.5 Å². The number of rotatable bonds is 2. The second-order valence-electron chi connectivity index (χ2n) is 6.07. The van der Waals surface area contributed by atoms with Crippen LogP contribution in [0.2, 0.25) is 0 Å². The fraction of sp³-hybridized carbons (Fsp3) is 0.375. The van der Waals surface area contributed by atoms with Crippen LogP contribution in [0.25, 0.3) is 11.5 Å². The summed E-state index contributed by atoms with van der Waals surface area (Å²) < 4.78 is 5.50. The molecule has 0 aliphatic heterocycles. The minimum absolute atomic E-state index is 0.0764. The summed E-state index contributed by atoms with van der Waals surface area (Å²) in [5, 5.41) is 9.27. The Morgan fingerprint density at radius 2 is 1.90 bits per heavy atom. The second kappa shape index (κ2) is 4.78. The first-order valence-corrected chi connectivity index (χ1v) is 6.52. The Morgan fingerprint density at radius 1 is 1.25 bits per heavy atom. The minimum atomic E-state index is -1.08. The second-order valence-corrected chi connectivity index (χ2v) is 6.07. The number of nitrogens with zero attached hydrogens (tertiary/aromatic N) is 1. The maximum absolute atomic E-state index is 11.3. The van der Waals surface area contributed by atoms with Crippen molar-refractivity contribution in [1.29, 1.82) is 0 Å². The smallest absolute Gasteiger partial charge is 0.373 e. The Hall–Kier alpha value is -2.10. The van der Waals surface area contributed by atoms with E-state index in [1.807, 2.05) is 52.8 Å². The van der Waals surface area contributed by atoms with Gasteiger partial charge in [-0.05, 0) is 25.5 Å². The molecule has 1 aromatic heterocycles. The Bertz CT molecular complexity index is 663. The molecule has 1 heterocycles. The lowest BCUT2D eigenvalue weighted by molar-refractivity contribution is 0.0659. The summed E-state index contributed by atoms with van der Waals surface area (Å²) in [6.07, 6.45) is 0. The summed E-state index contributed by atoms with van der Waals surface area (Å²) in [5.41, 5.74) is 3.08. The molecule has 2 rings (SSSR count). The molecule has 0 saturated heterocycles. The standard InChI is InChI=1S/C16H19NO3/c1-9-6-7-11(10(2)8-9)14-17-13(16(3,4)5)12(20-14)15(18)19/h6-8H,1-5H3,(H,18,19). The first-order chi connectivity index (χ1) is 9.20. The van der Waals surface area contributed by atoms with Crippen molar-refractivity contribution < 1.29 is 14.3 Å². The summed E-state index contributed by atoms with van der Waals surface area (Å²) in [4.78, 5) is 15.7. The zero-order valence-corrected chi connectivity index (χ0v) is 12.4. The number of hydrogen-bond donors (Lipinski definition) is 1. The van der Waals surface area contributed by atoms with Gasteiger partial charge >= 0.3 is 5.97 Å². The first kappa shape index (κ1) is 14.3. The summed E-state index contributed by atoms with van der Waals surface area (Å²) in [6, 6.07) is 5.90. The fourth-order valence-corrected chi connectivity index (χ4v) is 2.14. The monoisotopic (exact) mass is 273 g/mol. The van der Waals surface area contributed by atoms with Gasteiger partial charge in [0.2, 0.25) is 11.7 Å². The molecule has 1 aromatic carbocycles. The quantitative estimate of drug-likeness (QED) is 0.899. The van der Waals surface area contributed by atoms with E-state index in [0.717, 1.165) is 16.7 Å². The average molecular weight is 273 g/mol. The van der Waals surface area contributed by atoms with E-state index < -0.39 is 5.97 Å². The molecule has 20 heavy (non-hydrogen) atoms. The molecule has 0 radical (unpaired) electrons. The Balaban J connectivity index is 2.62. The first-order valence-electron chi connectivity index (χ1n) is 6.52. The van der Waals surface area contributed by atoms with Gasteiger partial charge in [0.25, 0.3) is 0 Å². The molecule has 0 atom stereocenters. The third-order valence-electron chi connectivity index (χ3n) is 3.14. The van der Waals surface area contributed by atoms with Crippen LogP contribution in [0, 0.1) is 13.8 Å². The number of carboxylic acid groups (broad SMARTS) is 1. The van der Waals surface area contributed by atoms with Crippen LogP contribution in [0.5, 0.6) is 0 Å². The van der Waals surface area contributed by atoms with Crippen molar-refractivity contribution in [2.75, 3.05) is 0 Å². The van der Waals surface area contributed by atoms with Crippen molar-refractivity contribution in [1.82, 2.24) is 4.98 Å². The molecule has 0 fully saturated rings. The third kappa shape index (κ3) is 2.59. The van der Waals surface area contributed by atoms with Crippen LogP contribution >= 0.6 is 0 Å². The van der Waals surface area contributed by atoms with E-state index in [0.29, 0.717) is 11.6 Å². The lowest BCUT2D eigenvalue weighted by Gasteiger charge is -2.14. The van der Waals surface area contributed by atoms with Crippen LogP contribution in [-0.4, -0.2) is 16.1 Å². The molecular weight excluding hydrogens is 254 g/mol. The lowest BCUT2D eigenvalue weighted by Crippen LogP contribution is -2.16. The molecular formula is C16H19NO3. The molecule has 0 aliphatic rings. The summed E-state index contributed by atoms with van der Waals surface area (Å²) in [5.74, 6) is -0.796. The molecule has 2 aromatic rings. The lowest BCUT2D eigenvalue weighted by atomic mass is 9.91. The van der Waals surface area contributed by atoms with Crippen LogP contribution in [-0.2, 0) is 5.41 Å². The Morgan fingerprint density at radius 3 is 2.35 bits per heavy atom. The number of aryl methyl sites for hydroxylation is 2. The van der Waals surface area contributed by atoms with E-state index in [1.54, 1.807) is 0 Å². The van der Waals surface area contributed by atoms with Crippen molar-refractivity contribution >= 4 is 5.97 Å². The van der Waals surface area contributed by atoms with E-state index in [2.05, 4.69) is 4.98 Å². The van der Waals surface area contributed by atoms with Crippen molar-refractivity contribution in [3.05, 3.63) is 40.8 Å². The summed E-state index contributed by atoms with van der Waals surface area (Å²) in [7, 11) is 0. The maximum atomic E-state index is 11.3. The highest BCUT2D eigenvalue weighted by Crippen LogP contribution is 2.31. The van der Waals surface area contributed by atoms with Gasteiger partial charge in [0.1, 0.15) is 5.69 Å². The number of aromatic nitrogens is 1. The SMILES string of the molecule is Cc1ccc(-c2nc(C(C)(C)C)c(C(=O)O)o2)c(C)c1. The molecule has 0 aliphatic carbocycles. The number of carboxylic acids is 1. The molecule has 0 saturated carbocycles. The zero-order valence-electron chi connectivity index (χ0n) is 12.4. The van der Waals surface area contributed by atoms with E-state index in [-0.39, 0.29) is 11.2 Å². The van der Waals surface area contributed by atoms with Crippen molar-refractivity contribution in [3.63, 3.8) is 0 Å². The summed E-state index contributed by atoms with van der Waals surface area (Å²) in [6.45, 7) is 9.73. The topological polar surface area (TPSA) is 63.3 Å². The van der Waals surface area contributed by atoms with Gasteiger partial charge in [-0.2, -0.15) is 0 Å². The highest BCUT2D eigenvalue weighted by molar-refractivity contribution is 5.86. The number of oxazole rings is 1. The molecule has 1 N–H and O–H groups in total. The zero-order chi connectivity index (χ0) is 15.1. The molecule has 0 amide bonds. The van der Waals surface area contributed by atoms with E-state index in [1.165, 1.54) is 0 Å². The normalized spacial score (nSPS) is 11.7. The van der Waals surface area contributed by atoms with Crippen LogP contribution in [0.4, 0.5) is 0 Å². The average Bonchev–Trinajstić information content (AvgIpc) is 2.73. The minimum Gasteiger partial charge on any atom is -0.475 e. The molecule has 4 heteroatoms. The number of benzene rings is 1. The van der Waals surface area contributed by atoms with Crippen LogP contribution in [0.15, 0.2) is 22.6 Å².